The number of nitrogens with zero attached hydrogens (tertiary/aromatic N) is 2. The molecule has 0 radical (unpaired) electrons. The molecule has 0 unspecified atom stereocenters. The van der Waals surface area contributed by atoms with E-state index < -0.39 is 5.41 Å². The van der Waals surface area contributed by atoms with Crippen LogP contribution < -0.4 is 14.8 Å². The highest BCUT2D eigenvalue weighted by Gasteiger charge is 2.42. The fourth-order valence-electron chi connectivity index (χ4n) is 4.88. The molecule has 2 aliphatic heterocycles. The van der Waals surface area contributed by atoms with Crippen molar-refractivity contribution in [2.45, 2.75) is 51.5 Å². The van der Waals surface area contributed by atoms with Gasteiger partial charge in [0.1, 0.15) is 17.9 Å². The van der Waals surface area contributed by atoms with Crippen molar-refractivity contribution in [1.29, 1.82) is 0 Å². The van der Waals surface area contributed by atoms with Crippen LogP contribution >= 0.6 is 0 Å². The predicted molar refractivity (Wildman–Crippen MR) is 125 cm³/mol. The Morgan fingerprint density at radius 1 is 1.15 bits per heavy atom. The summed E-state index contributed by atoms with van der Waals surface area (Å²) in [6, 6.07) is 11.5. The quantitative estimate of drug-likeness (QED) is 0.754. The Balaban J connectivity index is 1.46. The molecular formula is C26H33N3O4. The molecule has 1 N–H and O–H groups in total. The number of hydrogen-bond acceptors (Lipinski definition) is 5. The lowest BCUT2D eigenvalue weighted by molar-refractivity contribution is -0.135. The van der Waals surface area contributed by atoms with Gasteiger partial charge in [0.15, 0.2) is 0 Å². The first-order valence-electron chi connectivity index (χ1n) is 11.8. The summed E-state index contributed by atoms with van der Waals surface area (Å²) in [7, 11) is 1.52. The Morgan fingerprint density at radius 2 is 1.94 bits per heavy atom. The molecule has 1 aromatic heterocycles. The van der Waals surface area contributed by atoms with Gasteiger partial charge >= 0.3 is 0 Å². The lowest BCUT2D eigenvalue weighted by atomic mass is 9.73. The molecule has 2 amide bonds. The topological polar surface area (TPSA) is 80.8 Å². The number of ether oxygens (including phenoxy) is 2. The van der Waals surface area contributed by atoms with Crippen LogP contribution in [0.4, 0.5) is 0 Å². The summed E-state index contributed by atoms with van der Waals surface area (Å²) in [5, 5.41) is 3.19. The van der Waals surface area contributed by atoms with Gasteiger partial charge in [0.05, 0.1) is 18.6 Å². The number of carbonyl (C=O) groups excluding carboxylic acids is 2. The van der Waals surface area contributed by atoms with E-state index in [1.54, 1.807) is 18.3 Å². The van der Waals surface area contributed by atoms with Gasteiger partial charge < -0.3 is 19.7 Å². The zero-order valence-electron chi connectivity index (χ0n) is 19.5. The molecule has 1 fully saturated rings. The Hall–Kier alpha value is -3.09. The van der Waals surface area contributed by atoms with E-state index in [2.05, 4.69) is 16.4 Å². The number of likely N-dealkylation sites (tertiary alicyclic amines) is 1. The Morgan fingerprint density at radius 3 is 2.73 bits per heavy atom. The standard InChI is InChI=1S/C26H33N3O4/c1-19-18-33-22-11-4-3-8-20(22)9-5-6-12-26(25(31)28-19)13-16-29(17-14-26)24(30)21-10-7-15-27-23(21)32-2/h3-4,7-8,10-11,15,19H,5-6,9,12-14,16-18H2,1-2H3,(H,28,31)/t19-/m1/s1. The lowest BCUT2D eigenvalue weighted by Gasteiger charge is -2.41. The van der Waals surface area contributed by atoms with Gasteiger partial charge in [-0.15, -0.1) is 0 Å². The van der Waals surface area contributed by atoms with Crippen LogP contribution in [0.1, 0.15) is 54.9 Å². The van der Waals surface area contributed by atoms with Crippen LogP contribution in [-0.4, -0.2) is 54.5 Å². The van der Waals surface area contributed by atoms with Crippen molar-refractivity contribution in [3.05, 3.63) is 53.7 Å². The molecule has 3 heterocycles. The average Bonchev–Trinajstić information content (AvgIpc) is 2.85. The fourth-order valence-corrected chi connectivity index (χ4v) is 4.88. The van der Waals surface area contributed by atoms with Crippen molar-refractivity contribution in [2.24, 2.45) is 5.41 Å². The fraction of sp³-hybridized carbons (Fsp3) is 0.500. The Kier molecular flexibility index (Phi) is 7.16. The summed E-state index contributed by atoms with van der Waals surface area (Å²) in [4.78, 5) is 32.5. The molecule has 1 aromatic carbocycles. The normalized spacial score (nSPS) is 21.1. The average molecular weight is 452 g/mol. The monoisotopic (exact) mass is 451 g/mol. The highest BCUT2D eigenvalue weighted by atomic mass is 16.5. The number of aromatic nitrogens is 1. The van der Waals surface area contributed by atoms with Crippen LogP contribution in [0.3, 0.4) is 0 Å². The van der Waals surface area contributed by atoms with Crippen molar-refractivity contribution in [2.75, 3.05) is 26.8 Å². The molecule has 0 saturated carbocycles. The summed E-state index contributed by atoms with van der Waals surface area (Å²) >= 11 is 0. The zero-order valence-corrected chi connectivity index (χ0v) is 19.5. The summed E-state index contributed by atoms with van der Waals surface area (Å²) in [5.74, 6) is 1.23. The second-order valence-corrected chi connectivity index (χ2v) is 9.13. The molecule has 1 atom stereocenters. The SMILES string of the molecule is COc1ncccc1C(=O)N1CCC2(CCCCc3ccccc3OC[C@@H](C)NC2=O)CC1. The van der Waals surface area contributed by atoms with Gasteiger partial charge in [-0.3, -0.25) is 9.59 Å². The first kappa shape index (κ1) is 23.1. The summed E-state index contributed by atoms with van der Waals surface area (Å²) < 4.78 is 11.3. The number of amides is 2. The Bertz CT molecular complexity index is 985. The van der Waals surface area contributed by atoms with Crippen LogP contribution in [0.25, 0.3) is 0 Å². The highest BCUT2D eigenvalue weighted by molar-refractivity contribution is 5.96. The van der Waals surface area contributed by atoms with Gasteiger partial charge in [-0.25, -0.2) is 4.98 Å². The number of piperidine rings is 1. The smallest absolute Gasteiger partial charge is 0.259 e. The number of pyridine rings is 1. The Labute approximate surface area is 195 Å². The third-order valence-electron chi connectivity index (χ3n) is 6.87. The minimum Gasteiger partial charge on any atom is -0.491 e. The third kappa shape index (κ3) is 5.13. The number of rotatable bonds is 2. The van der Waals surface area contributed by atoms with Gasteiger partial charge in [-0.05, 0) is 62.8 Å². The van der Waals surface area contributed by atoms with Gasteiger partial charge in [-0.2, -0.15) is 0 Å². The van der Waals surface area contributed by atoms with E-state index in [4.69, 9.17) is 9.47 Å². The number of fused-ring (bicyclic) bond motifs is 1. The maximum atomic E-state index is 13.4. The van der Waals surface area contributed by atoms with Crippen molar-refractivity contribution in [3.63, 3.8) is 0 Å². The van der Waals surface area contributed by atoms with Crippen LogP contribution in [0.5, 0.6) is 11.6 Å². The van der Waals surface area contributed by atoms with E-state index >= 15 is 0 Å². The van der Waals surface area contributed by atoms with E-state index in [1.807, 2.05) is 30.0 Å². The van der Waals surface area contributed by atoms with E-state index in [9.17, 15) is 9.59 Å². The van der Waals surface area contributed by atoms with E-state index in [1.165, 1.54) is 12.7 Å². The number of benzene rings is 1. The lowest BCUT2D eigenvalue weighted by Crippen LogP contribution is -2.52. The molecule has 176 valence electrons. The number of para-hydroxylation sites is 1. The van der Waals surface area contributed by atoms with Crippen molar-refractivity contribution < 1.29 is 19.1 Å². The molecular weight excluding hydrogens is 418 g/mol. The van der Waals surface area contributed by atoms with Gasteiger partial charge in [0.2, 0.25) is 11.8 Å². The summed E-state index contributed by atoms with van der Waals surface area (Å²) in [6.07, 6.45) is 6.63. The molecule has 2 aliphatic rings. The predicted octanol–water partition coefficient (Wildman–Crippen LogP) is 3.62. The largest absolute Gasteiger partial charge is 0.491 e. The number of methoxy groups -OCH3 is 1. The van der Waals surface area contributed by atoms with E-state index in [0.717, 1.165) is 31.4 Å². The molecule has 1 spiro atoms. The summed E-state index contributed by atoms with van der Waals surface area (Å²) in [5.41, 5.74) is 1.22. The molecule has 2 aromatic rings. The molecule has 7 heteroatoms. The molecule has 0 bridgehead atoms. The second kappa shape index (κ2) is 10.2. The minimum atomic E-state index is -0.456. The zero-order chi connectivity index (χ0) is 23.3. The van der Waals surface area contributed by atoms with Gasteiger partial charge in [0.25, 0.3) is 5.91 Å². The number of hydrogen-bond donors (Lipinski definition) is 1. The number of nitrogens with one attached hydrogen (secondary N) is 1. The maximum absolute atomic E-state index is 13.4. The van der Waals surface area contributed by atoms with Crippen LogP contribution in [0, 0.1) is 5.41 Å². The van der Waals surface area contributed by atoms with Gasteiger partial charge in [-0.1, -0.05) is 24.6 Å². The second-order valence-electron chi connectivity index (χ2n) is 9.13. The molecule has 0 aliphatic carbocycles. The van der Waals surface area contributed by atoms with Crippen molar-refractivity contribution in [1.82, 2.24) is 15.2 Å². The first-order chi connectivity index (χ1) is 16.0. The first-order valence-corrected chi connectivity index (χ1v) is 11.8. The van der Waals surface area contributed by atoms with Crippen molar-refractivity contribution in [3.8, 4) is 11.6 Å². The van der Waals surface area contributed by atoms with Crippen LogP contribution in [0.2, 0.25) is 0 Å². The van der Waals surface area contributed by atoms with E-state index in [-0.39, 0.29) is 17.9 Å². The minimum absolute atomic E-state index is 0.0820. The maximum Gasteiger partial charge on any atom is 0.259 e. The molecule has 1 saturated heterocycles. The summed E-state index contributed by atoms with van der Waals surface area (Å²) in [6.45, 7) is 3.49. The number of carbonyl (C=O) groups is 2. The number of aryl methyl sites for hydroxylation is 1. The van der Waals surface area contributed by atoms with Gasteiger partial charge in [0, 0.05) is 19.3 Å². The molecule has 7 nitrogen and oxygen atoms in total. The van der Waals surface area contributed by atoms with Crippen LogP contribution in [0.15, 0.2) is 42.6 Å². The van der Waals surface area contributed by atoms with E-state index in [0.29, 0.717) is 44.0 Å². The molecule has 33 heavy (non-hydrogen) atoms. The molecule has 4 rings (SSSR count). The highest BCUT2D eigenvalue weighted by Crippen LogP contribution is 2.38. The third-order valence-corrected chi connectivity index (χ3v) is 6.87. The van der Waals surface area contributed by atoms with Crippen LogP contribution in [-0.2, 0) is 11.2 Å². The van der Waals surface area contributed by atoms with Crippen molar-refractivity contribution >= 4 is 11.8 Å².